The van der Waals surface area contributed by atoms with Crippen molar-refractivity contribution >= 4 is 43.5 Å². The maximum atomic E-state index is 5.39. The second-order valence-electron chi connectivity index (χ2n) is 14.5. The fraction of sp³-hybridized carbons (Fsp3) is 0. The average Bonchev–Trinajstić information content (AvgIpc) is 3.31. The van der Waals surface area contributed by atoms with E-state index in [4.69, 9.17) is 24.9 Å². The van der Waals surface area contributed by atoms with Gasteiger partial charge in [-0.1, -0.05) is 164 Å². The Hall–Kier alpha value is -7.89. The van der Waals surface area contributed by atoms with Crippen molar-refractivity contribution in [2.75, 3.05) is 0 Å². The van der Waals surface area contributed by atoms with Crippen LogP contribution < -0.4 is 0 Å². The first-order chi connectivity index (χ1) is 28.7. The zero-order valence-corrected chi connectivity index (χ0v) is 31.3. The number of nitrogens with zero attached hydrogens (tertiary/aromatic N) is 5. The molecule has 0 unspecified atom stereocenters. The Balaban J connectivity index is 1.15. The van der Waals surface area contributed by atoms with Gasteiger partial charge in [-0.25, -0.2) is 19.9 Å². The Morgan fingerprint density at radius 3 is 1.69 bits per heavy atom. The largest absolute Gasteiger partial charge is 0.256 e. The van der Waals surface area contributed by atoms with Crippen LogP contribution in [0, 0.1) is 0 Å². The smallest absolute Gasteiger partial charge is 0.161 e. The molecule has 0 amide bonds. The third kappa shape index (κ3) is 5.94. The lowest BCUT2D eigenvalue weighted by Crippen LogP contribution is -1.99. The summed E-state index contributed by atoms with van der Waals surface area (Å²) >= 11 is 0. The van der Waals surface area contributed by atoms with Crippen LogP contribution in [0.2, 0.25) is 0 Å². The van der Waals surface area contributed by atoms with Crippen molar-refractivity contribution in [1.82, 2.24) is 24.9 Å². The summed E-state index contributed by atoms with van der Waals surface area (Å²) in [5, 5.41) is 5.39. The van der Waals surface area contributed by atoms with Gasteiger partial charge in [0.15, 0.2) is 5.82 Å². The third-order valence-corrected chi connectivity index (χ3v) is 10.9. The number of hydrogen-bond donors (Lipinski definition) is 0. The molecule has 4 heterocycles. The maximum absolute atomic E-state index is 5.39. The van der Waals surface area contributed by atoms with Gasteiger partial charge in [-0.3, -0.25) is 4.98 Å². The van der Waals surface area contributed by atoms with Crippen LogP contribution in [0.25, 0.3) is 111 Å². The van der Waals surface area contributed by atoms with E-state index in [9.17, 15) is 0 Å². The summed E-state index contributed by atoms with van der Waals surface area (Å²) in [7, 11) is 0. The number of benzene rings is 7. The Kier molecular flexibility index (Phi) is 8.07. The predicted octanol–water partition coefficient (Wildman–Crippen LogP) is 13.3. The highest BCUT2D eigenvalue weighted by atomic mass is 14.9. The van der Waals surface area contributed by atoms with Gasteiger partial charge >= 0.3 is 0 Å². The van der Waals surface area contributed by atoms with Gasteiger partial charge in [0.25, 0.3) is 0 Å². The molecular weight excluding hydrogens is 707 g/mol. The van der Waals surface area contributed by atoms with Crippen LogP contribution in [0.3, 0.4) is 0 Å². The average molecular weight is 740 g/mol. The van der Waals surface area contributed by atoms with Crippen LogP contribution in [0.4, 0.5) is 0 Å². The molecule has 5 heteroatoms. The zero-order valence-electron chi connectivity index (χ0n) is 31.3. The summed E-state index contributed by atoms with van der Waals surface area (Å²) < 4.78 is 0. The molecule has 11 aromatic rings. The molecule has 0 N–H and O–H groups in total. The summed E-state index contributed by atoms with van der Waals surface area (Å²) in [6.07, 6.45) is 1.85. The standard InChI is InChI=1S/C53H33N5/c1-3-14-35(15-4-1)47-32-45(44-28-26-38-27-29-46(55-51(38)52(44)56-47)43-25-10-18-34-13-7-8-23-41(34)43)53-57-48(36-16-5-2-6-17-36)33-49(58-53)40-21-9-20-39(31-40)42-24-11-19-37-22-12-30-54-50(37)42/h1-33H. The van der Waals surface area contributed by atoms with Gasteiger partial charge in [-0.15, -0.1) is 0 Å². The highest BCUT2D eigenvalue weighted by Gasteiger charge is 2.19. The van der Waals surface area contributed by atoms with Crippen molar-refractivity contribution in [3.05, 3.63) is 200 Å². The summed E-state index contributed by atoms with van der Waals surface area (Å²) in [5.74, 6) is 0.614. The van der Waals surface area contributed by atoms with E-state index in [1.54, 1.807) is 0 Å². The topological polar surface area (TPSA) is 64.5 Å². The van der Waals surface area contributed by atoms with Crippen molar-refractivity contribution < 1.29 is 0 Å². The summed E-state index contributed by atoms with van der Waals surface area (Å²) in [6, 6.07) is 67.2. The van der Waals surface area contributed by atoms with Crippen LogP contribution in [-0.2, 0) is 0 Å². The third-order valence-electron chi connectivity index (χ3n) is 10.9. The van der Waals surface area contributed by atoms with Crippen molar-refractivity contribution in [3.63, 3.8) is 0 Å². The predicted molar refractivity (Wildman–Crippen MR) is 238 cm³/mol. The number of aromatic nitrogens is 5. The molecule has 270 valence electrons. The van der Waals surface area contributed by atoms with Crippen molar-refractivity contribution in [1.29, 1.82) is 0 Å². The van der Waals surface area contributed by atoms with E-state index in [0.29, 0.717) is 5.82 Å². The number of pyridine rings is 3. The molecule has 5 nitrogen and oxygen atoms in total. The first-order valence-electron chi connectivity index (χ1n) is 19.4. The zero-order chi connectivity index (χ0) is 38.4. The molecule has 0 atom stereocenters. The first-order valence-corrected chi connectivity index (χ1v) is 19.4. The molecule has 0 aliphatic heterocycles. The number of para-hydroxylation sites is 1. The summed E-state index contributed by atoms with van der Waals surface area (Å²) in [6.45, 7) is 0. The fourth-order valence-corrected chi connectivity index (χ4v) is 8.07. The first kappa shape index (κ1) is 33.4. The lowest BCUT2D eigenvalue weighted by molar-refractivity contribution is 1.18. The van der Waals surface area contributed by atoms with Crippen LogP contribution in [0.1, 0.15) is 0 Å². The molecule has 0 saturated carbocycles. The highest BCUT2D eigenvalue weighted by Crippen LogP contribution is 2.38. The monoisotopic (exact) mass is 739 g/mol. The molecule has 0 aliphatic carbocycles. The SMILES string of the molecule is c1ccc(-c2cc(-c3cccc(-c4cccc5cccnc45)c3)nc(-c3cc(-c4ccccc4)nc4c3ccc3ccc(-c5cccc6ccccc56)nc34)n2)cc1. The van der Waals surface area contributed by atoms with Crippen LogP contribution >= 0.6 is 0 Å². The summed E-state index contributed by atoms with van der Waals surface area (Å²) in [5.41, 5.74) is 13.1. The van der Waals surface area contributed by atoms with E-state index in [1.807, 2.05) is 48.7 Å². The van der Waals surface area contributed by atoms with Gasteiger partial charge in [0.05, 0.1) is 39.3 Å². The van der Waals surface area contributed by atoms with Gasteiger partial charge in [-0.2, -0.15) is 0 Å². The lowest BCUT2D eigenvalue weighted by atomic mass is 9.98. The maximum Gasteiger partial charge on any atom is 0.161 e. The molecule has 7 aromatic carbocycles. The molecule has 0 fully saturated rings. The summed E-state index contributed by atoms with van der Waals surface area (Å²) in [4.78, 5) is 26.2. The Morgan fingerprint density at radius 1 is 0.276 bits per heavy atom. The lowest BCUT2D eigenvalue weighted by Gasteiger charge is -2.15. The van der Waals surface area contributed by atoms with Gasteiger partial charge < -0.3 is 0 Å². The van der Waals surface area contributed by atoms with Crippen LogP contribution in [0.15, 0.2) is 200 Å². The van der Waals surface area contributed by atoms with E-state index in [-0.39, 0.29) is 0 Å². The Morgan fingerprint density at radius 2 is 0.862 bits per heavy atom. The van der Waals surface area contributed by atoms with Gasteiger partial charge in [0.1, 0.15) is 0 Å². The molecular formula is C53H33N5. The van der Waals surface area contributed by atoms with Crippen molar-refractivity contribution in [2.45, 2.75) is 0 Å². The molecule has 4 aromatic heterocycles. The second kappa shape index (κ2) is 14.0. The molecule has 0 saturated heterocycles. The van der Waals surface area contributed by atoms with E-state index < -0.39 is 0 Å². The van der Waals surface area contributed by atoms with Crippen molar-refractivity contribution in [2.24, 2.45) is 0 Å². The fourth-order valence-electron chi connectivity index (χ4n) is 8.07. The van der Waals surface area contributed by atoms with Crippen LogP contribution in [0.5, 0.6) is 0 Å². The molecule has 0 radical (unpaired) electrons. The van der Waals surface area contributed by atoms with E-state index in [2.05, 4.69) is 152 Å². The van der Waals surface area contributed by atoms with Gasteiger partial charge in [0.2, 0.25) is 0 Å². The molecule has 0 aliphatic rings. The highest BCUT2D eigenvalue weighted by molar-refractivity contribution is 6.10. The van der Waals surface area contributed by atoms with Crippen LogP contribution in [-0.4, -0.2) is 24.9 Å². The molecule has 58 heavy (non-hydrogen) atoms. The molecule has 0 bridgehead atoms. The minimum absolute atomic E-state index is 0.614. The minimum Gasteiger partial charge on any atom is -0.256 e. The quantitative estimate of drug-likeness (QED) is 0.159. The number of rotatable bonds is 6. The Labute approximate surface area is 335 Å². The number of hydrogen-bond acceptors (Lipinski definition) is 5. The van der Waals surface area contributed by atoms with E-state index in [1.165, 1.54) is 5.39 Å². The van der Waals surface area contributed by atoms with E-state index >= 15 is 0 Å². The number of fused-ring (bicyclic) bond motifs is 5. The molecule has 11 rings (SSSR count). The van der Waals surface area contributed by atoms with Crippen molar-refractivity contribution in [3.8, 4) is 67.5 Å². The molecule has 0 spiro atoms. The second-order valence-corrected chi connectivity index (χ2v) is 14.5. The van der Waals surface area contributed by atoms with E-state index in [0.717, 1.165) is 99.8 Å². The normalized spacial score (nSPS) is 11.4. The minimum atomic E-state index is 0.614. The van der Waals surface area contributed by atoms with Gasteiger partial charge in [-0.05, 0) is 46.7 Å². The van der Waals surface area contributed by atoms with Gasteiger partial charge in [0, 0.05) is 55.7 Å². The Bertz CT molecular complexity index is 3330.